The molecule has 9 aliphatic rings. The van der Waals surface area contributed by atoms with E-state index in [0.717, 1.165) is 115 Å². The fraction of sp³-hybridized carbons (Fsp3) is 0.986. The number of carbonyl (C=O) groups is 1. The van der Waals surface area contributed by atoms with Crippen molar-refractivity contribution in [1.29, 1.82) is 0 Å². The molecular formula is C74H138N2O4. The van der Waals surface area contributed by atoms with E-state index in [1.165, 1.54) is 135 Å². The highest BCUT2D eigenvalue weighted by Crippen LogP contribution is 2.70. The molecule has 80 heavy (non-hydrogen) atoms. The Hall–Kier alpha value is -0.690. The van der Waals surface area contributed by atoms with Crippen molar-refractivity contribution in [3.05, 3.63) is 0 Å². The highest BCUT2D eigenvalue weighted by molar-refractivity contribution is 5.76. The van der Waals surface area contributed by atoms with Crippen LogP contribution in [0.4, 0.5) is 0 Å². The summed E-state index contributed by atoms with van der Waals surface area (Å²) in [5.41, 5.74) is 2.37. The number of nitrogens with zero attached hydrogens (tertiary/aromatic N) is 1. The number of piperidine rings is 1. The molecule has 9 fully saturated rings. The molecule has 0 spiro atoms. The number of unbranched alkanes of at least 4 members (excludes halogenated alkanes) is 1. The molecule has 6 heteroatoms. The molecule has 1 amide bonds. The molecule has 468 valence electrons. The molecule has 0 aromatic carbocycles. The zero-order chi connectivity index (χ0) is 58.1. The normalized spacial score (nSPS) is 39.0. The third-order valence-corrected chi connectivity index (χ3v) is 25.8. The van der Waals surface area contributed by atoms with Crippen molar-refractivity contribution in [3.8, 4) is 0 Å². The third-order valence-electron chi connectivity index (χ3n) is 25.8. The van der Waals surface area contributed by atoms with Crippen LogP contribution in [0.1, 0.15) is 296 Å². The minimum Gasteiger partial charge on any atom is -0.379 e. The van der Waals surface area contributed by atoms with Gasteiger partial charge in [0.05, 0.1) is 33.0 Å². The summed E-state index contributed by atoms with van der Waals surface area (Å²) in [5.74, 6) is 13.4. The first-order chi connectivity index (χ1) is 38.5. The van der Waals surface area contributed by atoms with Gasteiger partial charge in [0.25, 0.3) is 0 Å². The van der Waals surface area contributed by atoms with E-state index in [-0.39, 0.29) is 5.91 Å². The number of nitrogens with one attached hydrogen (secondary N) is 1. The molecule has 18 atom stereocenters. The molecule has 8 aliphatic carbocycles. The first-order valence-electron chi connectivity index (χ1n) is 36.3. The lowest BCUT2D eigenvalue weighted by Crippen LogP contribution is -2.56. The summed E-state index contributed by atoms with van der Waals surface area (Å²) in [6, 6.07) is 1.27. The Kier molecular flexibility index (Phi) is 28.1. The lowest BCUT2D eigenvalue weighted by atomic mass is 9.44. The van der Waals surface area contributed by atoms with E-state index < -0.39 is 0 Å². The van der Waals surface area contributed by atoms with Crippen LogP contribution in [0.3, 0.4) is 0 Å². The minimum atomic E-state index is 0.153. The maximum absolute atomic E-state index is 12.7. The number of carbonyl (C=O) groups excluding carboxylic acids is 1. The number of ether oxygens (including phenoxy) is 3. The minimum absolute atomic E-state index is 0.153. The lowest BCUT2D eigenvalue weighted by Gasteiger charge is -2.62. The van der Waals surface area contributed by atoms with Gasteiger partial charge in [0.1, 0.15) is 0 Å². The predicted molar refractivity (Wildman–Crippen MR) is 342 cm³/mol. The predicted octanol–water partition coefficient (Wildman–Crippen LogP) is 19.8. The van der Waals surface area contributed by atoms with Gasteiger partial charge in [-0.25, -0.2) is 0 Å². The van der Waals surface area contributed by atoms with Crippen molar-refractivity contribution in [2.75, 3.05) is 52.7 Å². The average Bonchev–Trinajstić information content (AvgIpc) is 4.20. The van der Waals surface area contributed by atoms with Gasteiger partial charge in [-0.15, -0.1) is 0 Å². The van der Waals surface area contributed by atoms with Gasteiger partial charge in [0.15, 0.2) is 0 Å². The number of rotatable bonds is 24. The molecule has 1 heterocycles. The van der Waals surface area contributed by atoms with Gasteiger partial charge in [-0.3, -0.25) is 4.79 Å². The van der Waals surface area contributed by atoms with E-state index in [1.54, 1.807) is 44.9 Å². The first-order valence-corrected chi connectivity index (χ1v) is 36.3. The Morgan fingerprint density at radius 1 is 0.487 bits per heavy atom. The molecule has 16 unspecified atom stereocenters. The second-order valence-electron chi connectivity index (χ2n) is 30.9. The van der Waals surface area contributed by atoms with Gasteiger partial charge in [-0.1, -0.05) is 155 Å². The molecule has 0 bridgehead atoms. The fourth-order valence-electron chi connectivity index (χ4n) is 21.5. The summed E-state index contributed by atoms with van der Waals surface area (Å²) in [6.45, 7) is 42.3. The summed E-state index contributed by atoms with van der Waals surface area (Å²) < 4.78 is 16.7. The third kappa shape index (κ3) is 16.7. The molecule has 1 aliphatic heterocycles. The molecule has 1 N–H and O–H groups in total. The number of hydrogen-bond acceptors (Lipinski definition) is 5. The quantitative estimate of drug-likeness (QED) is 0.0976. The topological polar surface area (TPSA) is 60.0 Å². The van der Waals surface area contributed by atoms with Crippen LogP contribution in [-0.4, -0.2) is 75.6 Å². The maximum Gasteiger partial charge on any atom is 0.222 e. The van der Waals surface area contributed by atoms with Crippen molar-refractivity contribution in [2.24, 2.45) is 105 Å². The zero-order valence-corrected chi connectivity index (χ0v) is 56.2. The Morgan fingerprint density at radius 2 is 0.938 bits per heavy atom. The van der Waals surface area contributed by atoms with Gasteiger partial charge in [-0.2, -0.15) is 0 Å². The average molecular weight is 1120 g/mol. The van der Waals surface area contributed by atoms with E-state index in [0.29, 0.717) is 67.2 Å². The number of amides is 1. The second-order valence-corrected chi connectivity index (χ2v) is 30.9. The Balaban J connectivity index is 0.000000250. The van der Waals surface area contributed by atoms with Crippen molar-refractivity contribution in [1.82, 2.24) is 10.2 Å². The van der Waals surface area contributed by atoms with Gasteiger partial charge < -0.3 is 24.4 Å². The van der Waals surface area contributed by atoms with Crippen LogP contribution >= 0.6 is 0 Å². The van der Waals surface area contributed by atoms with Crippen LogP contribution in [0.15, 0.2) is 0 Å². The van der Waals surface area contributed by atoms with E-state index in [9.17, 15) is 4.79 Å². The highest BCUT2D eigenvalue weighted by atomic mass is 16.5. The summed E-state index contributed by atoms with van der Waals surface area (Å²) in [6.07, 6.45) is 41.9. The van der Waals surface area contributed by atoms with Crippen LogP contribution < -0.4 is 5.32 Å². The molecule has 9 rings (SSSR count). The van der Waals surface area contributed by atoms with Crippen molar-refractivity contribution in [3.63, 3.8) is 0 Å². The molecule has 6 nitrogen and oxygen atoms in total. The van der Waals surface area contributed by atoms with Gasteiger partial charge in [0.2, 0.25) is 5.91 Å². The van der Waals surface area contributed by atoms with Crippen LogP contribution in [-0.2, 0) is 19.0 Å². The molecule has 1 saturated heterocycles. The van der Waals surface area contributed by atoms with E-state index >= 15 is 0 Å². The van der Waals surface area contributed by atoms with Crippen LogP contribution in [0, 0.1) is 105 Å². The van der Waals surface area contributed by atoms with Crippen molar-refractivity contribution < 1.29 is 19.0 Å². The van der Waals surface area contributed by atoms with E-state index in [1.807, 2.05) is 27.7 Å². The first kappa shape index (κ1) is 68.4. The lowest BCUT2D eigenvalue weighted by molar-refractivity contribution is -0.128. The Bertz CT molecular complexity index is 1730. The highest BCUT2D eigenvalue weighted by Gasteiger charge is 2.62. The molecule has 0 radical (unpaired) electrons. The molecular weight excluding hydrogens is 981 g/mol. The number of hydrogen-bond donors (Lipinski definition) is 1. The second kappa shape index (κ2) is 32.9. The summed E-state index contributed by atoms with van der Waals surface area (Å²) in [4.78, 5) is 15.7. The fourth-order valence-corrected chi connectivity index (χ4v) is 21.5. The van der Waals surface area contributed by atoms with Crippen LogP contribution in [0.5, 0.6) is 0 Å². The zero-order valence-electron chi connectivity index (χ0n) is 56.2. The van der Waals surface area contributed by atoms with Crippen molar-refractivity contribution >= 4 is 5.91 Å². The SMILES string of the molecule is CC.CC.CC(C)CCC[C@@H](C)C1CCC2C3CCC4CC(N5CCCCC5)CCC4(C)C3CCC21C.CCCCOCCOCCOCCC(=O)NC1CCC2(C)C(CCC3C2CCC2(C)C3CCC2[C@H](C)CCCC(C)C)C1. The Labute approximate surface area is 498 Å². The largest absolute Gasteiger partial charge is 0.379 e. The number of fused-ring (bicyclic) bond motifs is 10. The van der Waals surface area contributed by atoms with E-state index in [4.69, 9.17) is 14.2 Å². The maximum atomic E-state index is 12.7. The van der Waals surface area contributed by atoms with Crippen LogP contribution in [0.2, 0.25) is 0 Å². The standard InChI is InChI=1S/C38H69NO4.C32H57N.2C2H6/c1-7-8-21-41-23-25-43-26-24-42-22-18-36(40)39-31-16-19-37(5)30(27-31)12-13-32-34-15-14-33(29(4)11-9-10-28(2)3)38(34,6)20-17-35(32)37;1-23(2)10-9-11-24(3)28-14-15-29-27-13-12-25-22-26(33-20-7-6-8-21-33)16-18-31(25,4)30(27)17-19-32(28,29)5;2*1-2/h28-35H,7-27H2,1-6H3,(H,39,40);23-30H,6-22H2,1-5H3;2*1-2H3/t29-,30?,31?,32?,33?,34?,35?,37?,38?;24-,25?,26?,27?,28?,29?,30?,31?,32?;;/m11../s1. The van der Waals surface area contributed by atoms with E-state index in [2.05, 4.69) is 86.4 Å². The molecule has 0 aromatic heterocycles. The van der Waals surface area contributed by atoms with Crippen LogP contribution in [0.25, 0.3) is 0 Å². The molecule has 8 saturated carbocycles. The smallest absolute Gasteiger partial charge is 0.222 e. The summed E-state index contributed by atoms with van der Waals surface area (Å²) >= 11 is 0. The monoisotopic (exact) mass is 1120 g/mol. The van der Waals surface area contributed by atoms with Gasteiger partial charge >= 0.3 is 0 Å². The van der Waals surface area contributed by atoms with Crippen molar-refractivity contribution in [2.45, 2.75) is 309 Å². The molecule has 0 aromatic rings. The summed E-state index contributed by atoms with van der Waals surface area (Å²) in [5, 5.41) is 3.39. The Morgan fingerprint density at radius 3 is 1.44 bits per heavy atom. The van der Waals surface area contributed by atoms with Gasteiger partial charge in [-0.05, 0) is 252 Å². The number of likely N-dealkylation sites (tertiary alicyclic amines) is 1. The van der Waals surface area contributed by atoms with Gasteiger partial charge in [0, 0.05) is 25.1 Å². The summed E-state index contributed by atoms with van der Waals surface area (Å²) in [7, 11) is 0.